The number of nitrogens with zero attached hydrogens (tertiary/aromatic N) is 2. The molecule has 4 rings (SSSR count). The number of amides is 1. The topological polar surface area (TPSA) is 102 Å². The van der Waals surface area contributed by atoms with Crippen molar-refractivity contribution in [1.82, 2.24) is 9.88 Å². The van der Waals surface area contributed by atoms with Gasteiger partial charge in [-0.3, -0.25) is 9.69 Å². The molecule has 4 aromatic rings. The predicted octanol–water partition coefficient (Wildman–Crippen LogP) is 6.48. The monoisotopic (exact) mass is 528 g/mol. The van der Waals surface area contributed by atoms with Gasteiger partial charge in [0, 0.05) is 18.5 Å². The Hall–Kier alpha value is -4.59. The molecule has 0 saturated heterocycles. The quantitative estimate of drug-likeness (QED) is 0.238. The van der Waals surface area contributed by atoms with Crippen molar-refractivity contribution in [3.05, 3.63) is 101 Å². The summed E-state index contributed by atoms with van der Waals surface area (Å²) in [6.45, 7) is 5.98. The van der Waals surface area contributed by atoms with Crippen LogP contribution in [0.15, 0.2) is 83.3 Å². The van der Waals surface area contributed by atoms with Crippen molar-refractivity contribution in [2.45, 2.75) is 39.7 Å². The highest BCUT2D eigenvalue weighted by molar-refractivity contribution is 5.78. The number of benzene rings is 3. The van der Waals surface area contributed by atoms with Crippen molar-refractivity contribution in [3.63, 3.8) is 0 Å². The second kappa shape index (κ2) is 12.8. The van der Waals surface area contributed by atoms with E-state index in [-0.39, 0.29) is 12.5 Å². The molecule has 0 unspecified atom stereocenters. The lowest BCUT2D eigenvalue weighted by Crippen LogP contribution is -2.37. The van der Waals surface area contributed by atoms with Gasteiger partial charge < -0.3 is 19.0 Å². The first-order valence-electron chi connectivity index (χ1n) is 12.8. The van der Waals surface area contributed by atoms with Gasteiger partial charge in [0.2, 0.25) is 5.89 Å². The molecule has 1 heterocycles. The number of oxazole rings is 1. The predicted molar refractivity (Wildman–Crippen MR) is 147 cm³/mol. The summed E-state index contributed by atoms with van der Waals surface area (Å²) in [5.74, 6) is 1.52. The van der Waals surface area contributed by atoms with E-state index in [1.165, 1.54) is 0 Å². The number of ether oxygens (including phenoxy) is 2. The summed E-state index contributed by atoms with van der Waals surface area (Å²) >= 11 is 0. The molecule has 0 bridgehead atoms. The minimum absolute atomic E-state index is 0.0790. The molecule has 0 aliphatic carbocycles. The summed E-state index contributed by atoms with van der Waals surface area (Å²) in [4.78, 5) is 30.0. The number of aryl methyl sites for hydroxylation is 1. The summed E-state index contributed by atoms with van der Waals surface area (Å²) in [7, 11) is 0. The Labute approximate surface area is 227 Å². The molecule has 0 aliphatic rings. The van der Waals surface area contributed by atoms with E-state index in [9.17, 15) is 14.7 Å². The Balaban J connectivity index is 1.33. The van der Waals surface area contributed by atoms with Crippen LogP contribution in [0, 0.1) is 6.92 Å². The second-order valence-corrected chi connectivity index (χ2v) is 9.48. The van der Waals surface area contributed by atoms with Crippen LogP contribution in [0.5, 0.6) is 11.5 Å². The highest BCUT2D eigenvalue weighted by atomic mass is 16.6. The number of hydrogen-bond acceptors (Lipinski definition) is 6. The molecule has 202 valence electrons. The van der Waals surface area contributed by atoms with Crippen LogP contribution in [0.3, 0.4) is 0 Å². The molecular formula is C31H32N2O6. The zero-order valence-electron chi connectivity index (χ0n) is 22.3. The van der Waals surface area contributed by atoms with Gasteiger partial charge >= 0.3 is 12.1 Å². The number of aromatic nitrogens is 1. The lowest BCUT2D eigenvalue weighted by Gasteiger charge is -2.20. The molecule has 8 nitrogen and oxygen atoms in total. The fraction of sp³-hybridized carbons (Fsp3) is 0.258. The maximum absolute atomic E-state index is 12.8. The molecule has 0 radical (unpaired) electrons. The van der Waals surface area contributed by atoms with E-state index in [0.29, 0.717) is 30.4 Å². The standard InChI is InChI=1S/C31H32N2O6/c1-21(2)25-10-7-11-27(18-25)39-31(36)33(20-29(34)35)19-23-12-14-26(15-13-23)37-17-16-28-22(3)38-30(32-28)24-8-5-4-6-9-24/h4-15,18,21H,16-17,19-20H2,1-3H3,(H,34,35). The van der Waals surface area contributed by atoms with E-state index in [0.717, 1.165) is 33.0 Å². The average molecular weight is 529 g/mol. The van der Waals surface area contributed by atoms with E-state index < -0.39 is 18.6 Å². The lowest BCUT2D eigenvalue weighted by molar-refractivity contribution is -0.138. The van der Waals surface area contributed by atoms with Crippen molar-refractivity contribution in [1.29, 1.82) is 0 Å². The van der Waals surface area contributed by atoms with Gasteiger partial charge in [0.05, 0.1) is 12.3 Å². The van der Waals surface area contributed by atoms with E-state index in [4.69, 9.17) is 13.9 Å². The first-order chi connectivity index (χ1) is 18.8. The van der Waals surface area contributed by atoms with Gasteiger partial charge in [0.25, 0.3) is 0 Å². The van der Waals surface area contributed by atoms with E-state index in [1.54, 1.807) is 36.4 Å². The Kier molecular flexibility index (Phi) is 8.99. The number of carboxylic acid groups (broad SMARTS) is 1. The molecule has 39 heavy (non-hydrogen) atoms. The molecule has 0 saturated carbocycles. The molecule has 3 aromatic carbocycles. The number of hydrogen-bond donors (Lipinski definition) is 1. The summed E-state index contributed by atoms with van der Waals surface area (Å²) in [6, 6.07) is 24.1. The molecule has 0 fully saturated rings. The third-order valence-corrected chi connectivity index (χ3v) is 6.13. The minimum atomic E-state index is -1.12. The van der Waals surface area contributed by atoms with Crippen LogP contribution in [0.2, 0.25) is 0 Å². The second-order valence-electron chi connectivity index (χ2n) is 9.48. The van der Waals surface area contributed by atoms with Gasteiger partial charge in [-0.05, 0) is 60.4 Å². The normalized spacial score (nSPS) is 10.9. The number of carboxylic acids is 1. The van der Waals surface area contributed by atoms with Crippen molar-refractivity contribution >= 4 is 12.1 Å². The molecule has 0 aliphatic heterocycles. The van der Waals surface area contributed by atoms with E-state index >= 15 is 0 Å². The Morgan fingerprint density at radius 3 is 2.41 bits per heavy atom. The average Bonchev–Trinajstić information content (AvgIpc) is 3.30. The molecule has 1 N–H and O–H groups in total. The van der Waals surface area contributed by atoms with Gasteiger partial charge in [0.15, 0.2) is 0 Å². The van der Waals surface area contributed by atoms with Crippen LogP contribution < -0.4 is 9.47 Å². The first-order valence-corrected chi connectivity index (χ1v) is 12.8. The smallest absolute Gasteiger partial charge is 0.416 e. The maximum atomic E-state index is 12.8. The highest BCUT2D eigenvalue weighted by Crippen LogP contribution is 2.23. The van der Waals surface area contributed by atoms with Crippen LogP contribution in [0.4, 0.5) is 4.79 Å². The van der Waals surface area contributed by atoms with Gasteiger partial charge in [0.1, 0.15) is 23.8 Å². The summed E-state index contributed by atoms with van der Waals surface area (Å²) < 4.78 is 17.2. The van der Waals surface area contributed by atoms with Crippen LogP contribution in [0.1, 0.15) is 42.3 Å². The van der Waals surface area contributed by atoms with E-state index in [2.05, 4.69) is 4.98 Å². The SMILES string of the molecule is Cc1oc(-c2ccccc2)nc1CCOc1ccc(CN(CC(=O)O)C(=O)Oc2cccc(C(C)C)c2)cc1. The third kappa shape index (κ3) is 7.70. The zero-order chi connectivity index (χ0) is 27.8. The summed E-state index contributed by atoms with van der Waals surface area (Å²) in [6.07, 6.45) is -0.142. The molecule has 8 heteroatoms. The summed E-state index contributed by atoms with van der Waals surface area (Å²) in [5, 5.41) is 9.33. The van der Waals surface area contributed by atoms with Gasteiger partial charge in [-0.1, -0.05) is 56.3 Å². The van der Waals surface area contributed by atoms with E-state index in [1.807, 2.05) is 63.2 Å². The summed E-state index contributed by atoms with van der Waals surface area (Å²) in [5.41, 5.74) is 3.54. The number of carbonyl (C=O) groups is 2. The van der Waals surface area contributed by atoms with Crippen molar-refractivity contribution in [2.75, 3.05) is 13.2 Å². The van der Waals surface area contributed by atoms with Crippen molar-refractivity contribution < 1.29 is 28.6 Å². The van der Waals surface area contributed by atoms with Crippen LogP contribution in [0.25, 0.3) is 11.5 Å². The van der Waals surface area contributed by atoms with Crippen molar-refractivity contribution in [3.8, 4) is 23.0 Å². The highest BCUT2D eigenvalue weighted by Gasteiger charge is 2.20. The minimum Gasteiger partial charge on any atom is -0.493 e. The molecular weight excluding hydrogens is 496 g/mol. The van der Waals surface area contributed by atoms with Crippen LogP contribution >= 0.6 is 0 Å². The zero-order valence-corrected chi connectivity index (χ0v) is 22.3. The van der Waals surface area contributed by atoms with Crippen LogP contribution in [-0.4, -0.2) is 40.2 Å². The number of carbonyl (C=O) groups excluding carboxylic acids is 1. The Morgan fingerprint density at radius 1 is 0.974 bits per heavy atom. The molecule has 1 amide bonds. The fourth-order valence-electron chi connectivity index (χ4n) is 3.99. The first kappa shape index (κ1) is 27.4. The largest absolute Gasteiger partial charge is 0.493 e. The fourth-order valence-corrected chi connectivity index (χ4v) is 3.99. The number of aliphatic carboxylic acids is 1. The molecule has 0 spiro atoms. The Morgan fingerprint density at radius 2 is 1.72 bits per heavy atom. The van der Waals surface area contributed by atoms with Crippen molar-refractivity contribution in [2.24, 2.45) is 0 Å². The number of rotatable bonds is 11. The lowest BCUT2D eigenvalue weighted by atomic mass is 10.0. The van der Waals surface area contributed by atoms with Gasteiger partial charge in [-0.15, -0.1) is 0 Å². The van der Waals surface area contributed by atoms with Gasteiger partial charge in [-0.25, -0.2) is 9.78 Å². The van der Waals surface area contributed by atoms with Gasteiger partial charge in [-0.2, -0.15) is 0 Å². The maximum Gasteiger partial charge on any atom is 0.416 e. The van der Waals surface area contributed by atoms with Crippen LogP contribution in [-0.2, 0) is 17.8 Å². The molecule has 1 aromatic heterocycles. The Bertz CT molecular complexity index is 1400. The third-order valence-electron chi connectivity index (χ3n) is 6.13. The molecule has 0 atom stereocenters.